The first-order chi connectivity index (χ1) is 7.13. The molecular formula is C11H15NO2S. The summed E-state index contributed by atoms with van der Waals surface area (Å²) < 4.78 is 0. The molecule has 1 aliphatic rings. The minimum Gasteiger partial charge on any atom is -0.478 e. The Morgan fingerprint density at radius 3 is 2.93 bits per heavy atom. The zero-order valence-electron chi connectivity index (χ0n) is 8.96. The zero-order valence-corrected chi connectivity index (χ0v) is 9.78. The summed E-state index contributed by atoms with van der Waals surface area (Å²) in [6.45, 7) is 2.22. The number of hydrogen-bond acceptors (Lipinski definition) is 3. The molecule has 1 aromatic rings. The number of rotatable bonds is 2. The monoisotopic (exact) mass is 225 g/mol. The second-order valence-electron chi connectivity index (χ2n) is 4.11. The van der Waals surface area contributed by atoms with Gasteiger partial charge >= 0.3 is 5.97 Å². The standard InChI is InChI=1S/C11H15NO2S/c1-6-3-4-7-8(5-6)15-10(12-2)9(7)11(13)14/h6,12H,3-5H2,1-2H3,(H,13,14). The van der Waals surface area contributed by atoms with Gasteiger partial charge in [-0.15, -0.1) is 11.3 Å². The number of thiophene rings is 1. The summed E-state index contributed by atoms with van der Waals surface area (Å²) in [4.78, 5) is 12.4. The number of nitrogens with one attached hydrogen (secondary N) is 1. The molecule has 82 valence electrons. The van der Waals surface area contributed by atoms with Crippen LogP contribution in [-0.4, -0.2) is 18.1 Å². The molecule has 0 radical (unpaired) electrons. The molecule has 4 heteroatoms. The first-order valence-corrected chi connectivity index (χ1v) is 6.00. The van der Waals surface area contributed by atoms with Gasteiger partial charge in [0.05, 0.1) is 5.56 Å². The lowest BCUT2D eigenvalue weighted by Crippen LogP contribution is -2.12. The summed E-state index contributed by atoms with van der Waals surface area (Å²) in [5, 5.41) is 13.0. The molecule has 1 aliphatic carbocycles. The van der Waals surface area contributed by atoms with Crippen LogP contribution in [-0.2, 0) is 12.8 Å². The summed E-state index contributed by atoms with van der Waals surface area (Å²) in [7, 11) is 1.78. The fraction of sp³-hybridized carbons (Fsp3) is 0.545. The molecule has 0 fully saturated rings. The van der Waals surface area contributed by atoms with Gasteiger partial charge in [-0.05, 0) is 30.7 Å². The molecule has 15 heavy (non-hydrogen) atoms. The average molecular weight is 225 g/mol. The first kappa shape index (κ1) is 10.5. The van der Waals surface area contributed by atoms with Crippen molar-refractivity contribution in [2.75, 3.05) is 12.4 Å². The highest BCUT2D eigenvalue weighted by molar-refractivity contribution is 7.16. The number of aromatic carboxylic acids is 1. The maximum atomic E-state index is 11.2. The Kier molecular flexibility index (Phi) is 2.69. The highest BCUT2D eigenvalue weighted by Gasteiger charge is 2.26. The van der Waals surface area contributed by atoms with Crippen molar-refractivity contribution in [2.24, 2.45) is 5.92 Å². The Morgan fingerprint density at radius 1 is 1.60 bits per heavy atom. The molecule has 0 bridgehead atoms. The molecule has 1 atom stereocenters. The van der Waals surface area contributed by atoms with Crippen LogP contribution >= 0.6 is 11.3 Å². The molecule has 2 rings (SSSR count). The fourth-order valence-electron chi connectivity index (χ4n) is 2.15. The molecule has 3 nitrogen and oxygen atoms in total. The minimum atomic E-state index is -0.800. The van der Waals surface area contributed by atoms with Gasteiger partial charge in [-0.25, -0.2) is 4.79 Å². The summed E-state index contributed by atoms with van der Waals surface area (Å²) in [5.41, 5.74) is 1.57. The van der Waals surface area contributed by atoms with Crippen LogP contribution in [0.15, 0.2) is 0 Å². The van der Waals surface area contributed by atoms with E-state index in [1.54, 1.807) is 18.4 Å². The van der Waals surface area contributed by atoms with E-state index >= 15 is 0 Å². The van der Waals surface area contributed by atoms with Crippen LogP contribution in [0.3, 0.4) is 0 Å². The fourth-order valence-corrected chi connectivity index (χ4v) is 3.51. The van der Waals surface area contributed by atoms with Crippen molar-refractivity contribution in [1.82, 2.24) is 0 Å². The van der Waals surface area contributed by atoms with Gasteiger partial charge in [0.1, 0.15) is 5.00 Å². The maximum absolute atomic E-state index is 11.2. The molecule has 0 saturated heterocycles. The van der Waals surface area contributed by atoms with Crippen molar-refractivity contribution in [3.63, 3.8) is 0 Å². The largest absolute Gasteiger partial charge is 0.478 e. The van der Waals surface area contributed by atoms with E-state index in [2.05, 4.69) is 12.2 Å². The van der Waals surface area contributed by atoms with Crippen molar-refractivity contribution in [3.05, 3.63) is 16.0 Å². The lowest BCUT2D eigenvalue weighted by Gasteiger charge is -2.17. The van der Waals surface area contributed by atoms with Gasteiger partial charge in [-0.3, -0.25) is 0 Å². The van der Waals surface area contributed by atoms with E-state index in [1.807, 2.05) is 0 Å². The quantitative estimate of drug-likeness (QED) is 0.813. The third-order valence-corrected chi connectivity index (χ3v) is 4.22. The predicted octanol–water partition coefficient (Wildman–Crippen LogP) is 2.61. The van der Waals surface area contributed by atoms with Crippen LogP contribution in [0, 0.1) is 5.92 Å². The third kappa shape index (κ3) is 1.74. The van der Waals surface area contributed by atoms with E-state index in [0.717, 1.165) is 29.8 Å². The van der Waals surface area contributed by atoms with E-state index in [1.165, 1.54) is 4.88 Å². The van der Waals surface area contributed by atoms with Crippen LogP contribution in [0.25, 0.3) is 0 Å². The van der Waals surface area contributed by atoms with Gasteiger partial charge < -0.3 is 10.4 Å². The maximum Gasteiger partial charge on any atom is 0.338 e. The Bertz CT molecular complexity index is 398. The molecule has 1 unspecified atom stereocenters. The van der Waals surface area contributed by atoms with E-state index in [-0.39, 0.29) is 0 Å². The summed E-state index contributed by atoms with van der Waals surface area (Å²) in [6.07, 6.45) is 3.05. The summed E-state index contributed by atoms with van der Waals surface area (Å²) in [5.74, 6) is -0.117. The second-order valence-corrected chi connectivity index (χ2v) is 5.22. The highest BCUT2D eigenvalue weighted by atomic mass is 32.1. The molecule has 0 spiro atoms. The van der Waals surface area contributed by atoms with Gasteiger partial charge in [0.2, 0.25) is 0 Å². The average Bonchev–Trinajstić information content (AvgIpc) is 2.54. The number of carboxylic acid groups (broad SMARTS) is 1. The van der Waals surface area contributed by atoms with Gasteiger partial charge in [0, 0.05) is 11.9 Å². The molecule has 2 N–H and O–H groups in total. The first-order valence-electron chi connectivity index (χ1n) is 5.19. The molecule has 1 aromatic heterocycles. The van der Waals surface area contributed by atoms with Gasteiger partial charge in [0.25, 0.3) is 0 Å². The van der Waals surface area contributed by atoms with Crippen molar-refractivity contribution >= 4 is 22.3 Å². The minimum absolute atomic E-state index is 0.504. The van der Waals surface area contributed by atoms with Crippen molar-refractivity contribution < 1.29 is 9.90 Å². The number of carboxylic acids is 1. The smallest absolute Gasteiger partial charge is 0.338 e. The molecular weight excluding hydrogens is 210 g/mol. The number of carbonyl (C=O) groups is 1. The second kappa shape index (κ2) is 3.85. The molecule has 0 saturated carbocycles. The van der Waals surface area contributed by atoms with Crippen LogP contribution < -0.4 is 5.32 Å². The summed E-state index contributed by atoms with van der Waals surface area (Å²) in [6, 6.07) is 0. The van der Waals surface area contributed by atoms with Crippen molar-refractivity contribution in [3.8, 4) is 0 Å². The lowest BCUT2D eigenvalue weighted by molar-refractivity contribution is 0.0697. The van der Waals surface area contributed by atoms with Crippen LogP contribution in [0.2, 0.25) is 0 Å². The van der Waals surface area contributed by atoms with Gasteiger partial charge in [-0.2, -0.15) is 0 Å². The normalized spacial score (nSPS) is 19.7. The van der Waals surface area contributed by atoms with E-state index in [0.29, 0.717) is 11.5 Å². The Labute approximate surface area is 93.1 Å². The SMILES string of the molecule is CNc1sc2c(c1C(=O)O)CCC(C)C2. The highest BCUT2D eigenvalue weighted by Crippen LogP contribution is 2.39. The zero-order chi connectivity index (χ0) is 11.0. The summed E-state index contributed by atoms with van der Waals surface area (Å²) >= 11 is 1.60. The van der Waals surface area contributed by atoms with Gasteiger partial charge in [-0.1, -0.05) is 6.92 Å². The van der Waals surface area contributed by atoms with Crippen LogP contribution in [0.5, 0.6) is 0 Å². The number of hydrogen-bond donors (Lipinski definition) is 2. The van der Waals surface area contributed by atoms with Crippen LogP contribution in [0.1, 0.15) is 34.1 Å². The van der Waals surface area contributed by atoms with Gasteiger partial charge in [0.15, 0.2) is 0 Å². The molecule has 0 aromatic carbocycles. The predicted molar refractivity (Wildman–Crippen MR) is 62.0 cm³/mol. The molecule has 1 heterocycles. The van der Waals surface area contributed by atoms with E-state index < -0.39 is 5.97 Å². The van der Waals surface area contributed by atoms with Crippen molar-refractivity contribution in [2.45, 2.75) is 26.2 Å². The van der Waals surface area contributed by atoms with E-state index in [9.17, 15) is 9.90 Å². The number of anilines is 1. The van der Waals surface area contributed by atoms with E-state index in [4.69, 9.17) is 0 Å². The lowest BCUT2D eigenvalue weighted by atomic mass is 9.88. The Hall–Kier alpha value is -1.03. The topological polar surface area (TPSA) is 49.3 Å². The molecule has 0 aliphatic heterocycles. The molecule has 0 amide bonds. The Morgan fingerprint density at radius 2 is 2.33 bits per heavy atom. The van der Waals surface area contributed by atoms with Crippen LogP contribution in [0.4, 0.5) is 5.00 Å². The Balaban J connectivity index is 2.49. The van der Waals surface area contributed by atoms with Crippen molar-refractivity contribution in [1.29, 1.82) is 0 Å². The number of fused-ring (bicyclic) bond motifs is 1. The third-order valence-electron chi connectivity index (χ3n) is 2.95.